The number of amides is 1. The Bertz CT molecular complexity index is 1040. The Morgan fingerprint density at radius 2 is 1.93 bits per heavy atom. The largest absolute Gasteiger partial charge is 0.334 e. The van der Waals surface area contributed by atoms with Crippen molar-refractivity contribution in [2.24, 2.45) is 5.10 Å². The Morgan fingerprint density at radius 3 is 2.59 bits per heavy atom. The molecule has 140 valence electrons. The van der Waals surface area contributed by atoms with E-state index in [9.17, 15) is 19.6 Å². The van der Waals surface area contributed by atoms with Gasteiger partial charge < -0.3 is 9.80 Å². The lowest BCUT2D eigenvalue weighted by Crippen LogP contribution is -2.50. The number of aromatic nitrogens is 2. The van der Waals surface area contributed by atoms with Crippen LogP contribution in [0.1, 0.15) is 6.92 Å². The second kappa shape index (κ2) is 7.84. The molecule has 2 aromatic rings. The van der Waals surface area contributed by atoms with Gasteiger partial charge in [-0.15, -0.1) is 0 Å². The van der Waals surface area contributed by atoms with Gasteiger partial charge in [0.05, 0.1) is 16.5 Å². The van der Waals surface area contributed by atoms with Crippen LogP contribution >= 0.6 is 0 Å². The molecule has 1 aliphatic heterocycles. The summed E-state index contributed by atoms with van der Waals surface area (Å²) < 4.78 is 0. The molecule has 1 aliphatic rings. The quantitative estimate of drug-likeness (QED) is 0.498. The van der Waals surface area contributed by atoms with Gasteiger partial charge in [0, 0.05) is 26.2 Å². The second-order valence-corrected chi connectivity index (χ2v) is 6.05. The Kier molecular flexibility index (Phi) is 5.33. The molecule has 1 amide bonds. The first-order valence-electron chi connectivity index (χ1n) is 8.54. The lowest BCUT2D eigenvalue weighted by molar-refractivity contribution is -0.125. The fraction of sp³-hybridized carbons (Fsp3) is 0.353. The fourth-order valence-corrected chi connectivity index (χ4v) is 2.98. The van der Waals surface area contributed by atoms with Gasteiger partial charge in [-0.05, 0) is 18.7 Å². The van der Waals surface area contributed by atoms with Gasteiger partial charge in [-0.25, -0.2) is 0 Å². The summed E-state index contributed by atoms with van der Waals surface area (Å²) in [4.78, 5) is 40.2. The molecule has 0 saturated carbocycles. The monoisotopic (exact) mass is 369 g/mol. The van der Waals surface area contributed by atoms with Gasteiger partial charge in [-0.2, -0.15) is 10.4 Å². The van der Waals surface area contributed by atoms with Gasteiger partial charge in [-0.3, -0.25) is 30.0 Å². The fourth-order valence-electron chi connectivity index (χ4n) is 2.98. The molecule has 0 unspecified atom stereocenters. The van der Waals surface area contributed by atoms with Crippen LogP contribution in [0.2, 0.25) is 0 Å². The van der Waals surface area contributed by atoms with E-state index >= 15 is 0 Å². The standard InChI is InChI=1S/C17H19N7O3/c1-2-23-6-8-24(9-7-23)17(27)13(10-18)20-19-12-5-3-4-11-14(12)16(26)22-21-15(11)25/h3-5,19H,2,6-9H2,1H3,(H,21,25)(H,22,26)/b20-13+. The highest BCUT2D eigenvalue weighted by molar-refractivity contribution is 6.45. The SMILES string of the molecule is CCN1CCN(C(=O)/C(C#N)=N/Nc2cccc3c(=O)[nH][nH]c(=O)c23)CC1. The Hall–Kier alpha value is -3.45. The van der Waals surface area contributed by atoms with Gasteiger partial charge >= 0.3 is 0 Å². The molecule has 0 atom stereocenters. The Morgan fingerprint density at radius 1 is 1.22 bits per heavy atom. The van der Waals surface area contributed by atoms with E-state index in [1.165, 1.54) is 6.07 Å². The number of rotatable bonds is 4. The molecule has 0 bridgehead atoms. The number of carbonyl (C=O) groups is 1. The maximum atomic E-state index is 12.5. The average molecular weight is 369 g/mol. The molecule has 1 saturated heterocycles. The van der Waals surface area contributed by atoms with Crippen molar-refractivity contribution in [1.82, 2.24) is 20.0 Å². The number of anilines is 1. The van der Waals surface area contributed by atoms with E-state index in [1.54, 1.807) is 23.1 Å². The van der Waals surface area contributed by atoms with E-state index in [1.807, 2.05) is 0 Å². The molecule has 1 fully saturated rings. The van der Waals surface area contributed by atoms with Crippen LogP contribution in [-0.4, -0.2) is 64.3 Å². The van der Waals surface area contributed by atoms with Crippen LogP contribution in [0, 0.1) is 11.3 Å². The predicted molar refractivity (Wildman–Crippen MR) is 101 cm³/mol. The van der Waals surface area contributed by atoms with Crippen LogP contribution in [0.5, 0.6) is 0 Å². The summed E-state index contributed by atoms with van der Waals surface area (Å²) in [6.45, 7) is 5.51. The number of likely N-dealkylation sites (N-methyl/N-ethyl adjacent to an activating group) is 1. The molecule has 3 N–H and O–H groups in total. The lowest BCUT2D eigenvalue weighted by Gasteiger charge is -2.33. The van der Waals surface area contributed by atoms with E-state index in [0.717, 1.165) is 19.6 Å². The summed E-state index contributed by atoms with van der Waals surface area (Å²) in [7, 11) is 0. The van der Waals surface area contributed by atoms with Crippen LogP contribution < -0.4 is 16.5 Å². The molecule has 10 heteroatoms. The molecule has 1 aromatic heterocycles. The number of hydrogen-bond donors (Lipinski definition) is 3. The van der Waals surface area contributed by atoms with Crippen molar-refractivity contribution in [2.45, 2.75) is 6.92 Å². The minimum atomic E-state index is -0.511. The summed E-state index contributed by atoms with van der Waals surface area (Å²) in [5.74, 6) is -0.465. The first-order valence-corrected chi connectivity index (χ1v) is 8.54. The highest BCUT2D eigenvalue weighted by Gasteiger charge is 2.24. The first kappa shape index (κ1) is 18.3. The summed E-state index contributed by atoms with van der Waals surface area (Å²) in [6.07, 6.45) is 0. The Balaban J connectivity index is 1.84. The third-order valence-corrected chi connectivity index (χ3v) is 4.53. The number of nitriles is 1. The average Bonchev–Trinajstić information content (AvgIpc) is 2.71. The molecule has 3 rings (SSSR count). The molecule has 0 radical (unpaired) electrons. The third-order valence-electron chi connectivity index (χ3n) is 4.53. The highest BCUT2D eigenvalue weighted by Crippen LogP contribution is 2.16. The van der Waals surface area contributed by atoms with E-state index in [0.29, 0.717) is 13.1 Å². The number of fused-ring (bicyclic) bond motifs is 1. The predicted octanol–water partition coefficient (Wildman–Crippen LogP) is -0.328. The number of hydrazone groups is 1. The van der Waals surface area contributed by atoms with Crippen LogP contribution in [0.3, 0.4) is 0 Å². The minimum Gasteiger partial charge on any atom is -0.334 e. The van der Waals surface area contributed by atoms with Gasteiger partial charge in [-0.1, -0.05) is 13.0 Å². The topological polar surface area (TPSA) is 137 Å². The molecule has 0 spiro atoms. The summed E-state index contributed by atoms with van der Waals surface area (Å²) in [5, 5.41) is 18.0. The third kappa shape index (κ3) is 3.73. The number of carbonyl (C=O) groups excluding carboxylic acids is 1. The first-order chi connectivity index (χ1) is 13.0. The van der Waals surface area contributed by atoms with Crippen molar-refractivity contribution < 1.29 is 4.79 Å². The summed E-state index contributed by atoms with van der Waals surface area (Å²) in [6, 6.07) is 6.42. The molecule has 1 aromatic carbocycles. The summed E-state index contributed by atoms with van der Waals surface area (Å²) in [5.41, 5.74) is 1.54. The second-order valence-electron chi connectivity index (χ2n) is 6.05. The van der Waals surface area contributed by atoms with Crippen molar-refractivity contribution in [3.63, 3.8) is 0 Å². The van der Waals surface area contributed by atoms with Gasteiger partial charge in [0.15, 0.2) is 0 Å². The van der Waals surface area contributed by atoms with Gasteiger partial charge in [0.1, 0.15) is 6.07 Å². The van der Waals surface area contributed by atoms with Crippen molar-refractivity contribution in [2.75, 3.05) is 38.1 Å². The molecule has 0 aliphatic carbocycles. The number of H-pyrrole nitrogens is 2. The van der Waals surface area contributed by atoms with Crippen LogP contribution in [0.25, 0.3) is 10.8 Å². The molecule has 27 heavy (non-hydrogen) atoms. The lowest BCUT2D eigenvalue weighted by atomic mass is 10.1. The van der Waals surface area contributed by atoms with Crippen molar-refractivity contribution in [1.29, 1.82) is 5.26 Å². The van der Waals surface area contributed by atoms with Crippen LogP contribution in [0.15, 0.2) is 32.9 Å². The van der Waals surface area contributed by atoms with E-state index in [2.05, 4.69) is 32.5 Å². The van der Waals surface area contributed by atoms with Crippen molar-refractivity contribution in [3.05, 3.63) is 38.9 Å². The minimum absolute atomic E-state index is 0.103. The maximum Gasteiger partial charge on any atom is 0.285 e. The number of piperazine rings is 1. The maximum absolute atomic E-state index is 12.5. The van der Waals surface area contributed by atoms with Gasteiger partial charge in [0.2, 0.25) is 5.71 Å². The van der Waals surface area contributed by atoms with Gasteiger partial charge in [0.25, 0.3) is 17.0 Å². The molecule has 2 heterocycles. The number of nitrogens with zero attached hydrogens (tertiary/aromatic N) is 4. The van der Waals surface area contributed by atoms with E-state index in [-0.39, 0.29) is 22.2 Å². The zero-order chi connectivity index (χ0) is 19.4. The normalized spacial score (nSPS) is 15.6. The number of hydrogen-bond acceptors (Lipinski definition) is 7. The summed E-state index contributed by atoms with van der Waals surface area (Å²) >= 11 is 0. The zero-order valence-corrected chi connectivity index (χ0v) is 14.8. The smallest absolute Gasteiger partial charge is 0.285 e. The molecule has 10 nitrogen and oxygen atoms in total. The number of nitrogens with one attached hydrogen (secondary N) is 3. The number of aromatic amines is 2. The zero-order valence-electron chi connectivity index (χ0n) is 14.8. The van der Waals surface area contributed by atoms with E-state index < -0.39 is 17.0 Å². The van der Waals surface area contributed by atoms with Crippen LogP contribution in [-0.2, 0) is 4.79 Å². The van der Waals surface area contributed by atoms with Crippen LogP contribution in [0.4, 0.5) is 5.69 Å². The molecular weight excluding hydrogens is 350 g/mol. The number of benzene rings is 1. The molecular formula is C17H19N7O3. The van der Waals surface area contributed by atoms with Crippen molar-refractivity contribution in [3.8, 4) is 6.07 Å². The van der Waals surface area contributed by atoms with E-state index in [4.69, 9.17) is 0 Å². The highest BCUT2D eigenvalue weighted by atomic mass is 16.2. The van der Waals surface area contributed by atoms with Crippen molar-refractivity contribution >= 4 is 28.1 Å². The Labute approximate surface area is 154 Å².